The molecular weight excluding hydrogens is 378 g/mol. The van der Waals surface area contributed by atoms with Crippen LogP contribution < -0.4 is 10.6 Å². The number of nitrogens with one attached hydrogen (secondary N) is 2. The number of nitro groups is 1. The summed E-state index contributed by atoms with van der Waals surface area (Å²) in [5, 5.41) is 18.1. The van der Waals surface area contributed by atoms with Crippen LogP contribution in [-0.2, 0) is 11.2 Å². The standard InChI is InChI=1S/C20H17N3O4S/c24-19(21-15-8-4-9-16(13-15)23(26)27)17(12-14-6-2-1-3-7-14)22-20(25)18-10-5-11-28-18/h1-11,13,17H,12H2,(H,21,24)(H,22,25). The van der Waals surface area contributed by atoms with Gasteiger partial charge in [0, 0.05) is 24.2 Å². The van der Waals surface area contributed by atoms with Gasteiger partial charge in [-0.2, -0.15) is 0 Å². The van der Waals surface area contributed by atoms with Gasteiger partial charge in [-0.05, 0) is 23.1 Å². The first-order valence-corrected chi connectivity index (χ1v) is 9.34. The second-order valence-electron chi connectivity index (χ2n) is 5.99. The number of thiophene rings is 1. The number of rotatable bonds is 7. The molecule has 0 fully saturated rings. The van der Waals surface area contributed by atoms with Gasteiger partial charge in [0.25, 0.3) is 11.6 Å². The van der Waals surface area contributed by atoms with Crippen LogP contribution >= 0.6 is 11.3 Å². The Kier molecular flexibility index (Phi) is 6.13. The molecule has 1 heterocycles. The van der Waals surface area contributed by atoms with E-state index in [-0.39, 0.29) is 11.6 Å². The SMILES string of the molecule is O=C(NC(Cc1ccccc1)C(=O)Nc1cccc([N+](=O)[O-])c1)c1cccs1. The highest BCUT2D eigenvalue weighted by Crippen LogP contribution is 2.18. The fraction of sp³-hybridized carbons (Fsp3) is 0.100. The van der Waals surface area contributed by atoms with Gasteiger partial charge in [-0.1, -0.05) is 42.5 Å². The van der Waals surface area contributed by atoms with E-state index in [4.69, 9.17) is 0 Å². The van der Waals surface area contributed by atoms with Gasteiger partial charge >= 0.3 is 0 Å². The van der Waals surface area contributed by atoms with Crippen LogP contribution in [0.25, 0.3) is 0 Å². The molecule has 2 amide bonds. The number of anilines is 1. The van der Waals surface area contributed by atoms with E-state index in [1.807, 2.05) is 30.3 Å². The highest BCUT2D eigenvalue weighted by molar-refractivity contribution is 7.12. The van der Waals surface area contributed by atoms with Crippen molar-refractivity contribution < 1.29 is 14.5 Å². The van der Waals surface area contributed by atoms with Crippen LogP contribution in [0.3, 0.4) is 0 Å². The molecule has 0 bridgehead atoms. The van der Waals surface area contributed by atoms with Gasteiger partial charge in [-0.3, -0.25) is 19.7 Å². The van der Waals surface area contributed by atoms with Crippen molar-refractivity contribution >= 4 is 34.5 Å². The van der Waals surface area contributed by atoms with Gasteiger partial charge in [0.2, 0.25) is 5.91 Å². The molecule has 2 aromatic carbocycles. The molecule has 28 heavy (non-hydrogen) atoms. The minimum atomic E-state index is -0.837. The lowest BCUT2D eigenvalue weighted by Crippen LogP contribution is -2.45. The van der Waals surface area contributed by atoms with Crippen molar-refractivity contribution in [3.63, 3.8) is 0 Å². The maximum Gasteiger partial charge on any atom is 0.271 e. The van der Waals surface area contributed by atoms with Crippen molar-refractivity contribution in [2.45, 2.75) is 12.5 Å². The predicted molar refractivity (Wildman–Crippen MR) is 107 cm³/mol. The zero-order valence-electron chi connectivity index (χ0n) is 14.7. The Labute approximate surface area is 165 Å². The number of benzene rings is 2. The number of non-ortho nitro benzene ring substituents is 1. The summed E-state index contributed by atoms with van der Waals surface area (Å²) in [5.41, 5.74) is 1.05. The molecule has 3 rings (SSSR count). The van der Waals surface area contributed by atoms with Gasteiger partial charge in [0.05, 0.1) is 9.80 Å². The van der Waals surface area contributed by atoms with Crippen molar-refractivity contribution in [3.05, 3.63) is 92.7 Å². The third-order valence-electron chi connectivity index (χ3n) is 3.97. The van der Waals surface area contributed by atoms with Gasteiger partial charge in [0.15, 0.2) is 0 Å². The zero-order valence-corrected chi connectivity index (χ0v) is 15.5. The van der Waals surface area contributed by atoms with Crippen LogP contribution in [-0.4, -0.2) is 22.8 Å². The molecule has 0 saturated heterocycles. The molecule has 0 aliphatic rings. The molecule has 0 saturated carbocycles. The number of nitrogens with zero attached hydrogens (tertiary/aromatic N) is 1. The summed E-state index contributed by atoms with van der Waals surface area (Å²) < 4.78 is 0. The molecule has 0 aliphatic carbocycles. The summed E-state index contributed by atoms with van der Waals surface area (Å²) in [4.78, 5) is 36.1. The maximum absolute atomic E-state index is 12.8. The molecule has 0 radical (unpaired) electrons. The highest BCUT2D eigenvalue weighted by atomic mass is 32.1. The lowest BCUT2D eigenvalue weighted by Gasteiger charge is -2.18. The molecule has 142 valence electrons. The summed E-state index contributed by atoms with van der Waals surface area (Å²) in [5.74, 6) is -0.792. The normalized spacial score (nSPS) is 11.4. The summed E-state index contributed by atoms with van der Waals surface area (Å²) >= 11 is 1.28. The molecule has 3 aromatic rings. The van der Waals surface area contributed by atoms with E-state index in [2.05, 4.69) is 10.6 Å². The number of hydrogen-bond donors (Lipinski definition) is 2. The second kappa shape index (κ2) is 8.92. The van der Waals surface area contributed by atoms with E-state index in [9.17, 15) is 19.7 Å². The van der Waals surface area contributed by atoms with Crippen LogP contribution in [0.1, 0.15) is 15.2 Å². The van der Waals surface area contributed by atoms with E-state index in [0.717, 1.165) is 5.56 Å². The van der Waals surface area contributed by atoms with Crippen molar-refractivity contribution in [1.82, 2.24) is 5.32 Å². The highest BCUT2D eigenvalue weighted by Gasteiger charge is 2.23. The van der Waals surface area contributed by atoms with Crippen LogP contribution in [0.2, 0.25) is 0 Å². The monoisotopic (exact) mass is 395 g/mol. The van der Waals surface area contributed by atoms with E-state index in [1.165, 1.54) is 29.5 Å². The third-order valence-corrected chi connectivity index (χ3v) is 4.84. The maximum atomic E-state index is 12.8. The Morgan fingerprint density at radius 3 is 2.50 bits per heavy atom. The largest absolute Gasteiger partial charge is 0.339 e. The fourth-order valence-corrected chi connectivity index (χ4v) is 3.25. The van der Waals surface area contributed by atoms with Crippen molar-refractivity contribution in [2.24, 2.45) is 0 Å². The number of carbonyl (C=O) groups excluding carboxylic acids is 2. The molecule has 0 aliphatic heterocycles. The average molecular weight is 395 g/mol. The van der Waals surface area contributed by atoms with Crippen LogP contribution in [0.5, 0.6) is 0 Å². The number of amides is 2. The molecule has 8 heteroatoms. The molecular formula is C20H17N3O4S. The van der Waals surface area contributed by atoms with E-state index < -0.39 is 16.9 Å². The molecule has 7 nitrogen and oxygen atoms in total. The predicted octanol–water partition coefficient (Wildman–Crippen LogP) is 3.64. The minimum absolute atomic E-state index is 0.125. The van der Waals surface area contributed by atoms with Crippen LogP contribution in [0.15, 0.2) is 72.1 Å². The minimum Gasteiger partial charge on any atom is -0.339 e. The van der Waals surface area contributed by atoms with Crippen molar-refractivity contribution in [2.75, 3.05) is 5.32 Å². The number of nitro benzene ring substituents is 1. The summed E-state index contributed by atoms with van der Waals surface area (Å²) in [6.07, 6.45) is 0.290. The van der Waals surface area contributed by atoms with Crippen molar-refractivity contribution in [1.29, 1.82) is 0 Å². The van der Waals surface area contributed by atoms with Gasteiger partial charge in [-0.25, -0.2) is 0 Å². The summed E-state index contributed by atoms with van der Waals surface area (Å²) in [7, 11) is 0. The summed E-state index contributed by atoms with van der Waals surface area (Å²) in [6, 6.07) is 17.6. The van der Waals surface area contributed by atoms with Gasteiger partial charge < -0.3 is 10.6 Å². The zero-order chi connectivity index (χ0) is 19.9. The first-order valence-electron chi connectivity index (χ1n) is 8.46. The average Bonchev–Trinajstić information content (AvgIpc) is 3.23. The molecule has 1 unspecified atom stereocenters. The Morgan fingerprint density at radius 2 is 1.82 bits per heavy atom. The Hall–Kier alpha value is -3.52. The first kappa shape index (κ1) is 19.2. The van der Waals surface area contributed by atoms with E-state index in [0.29, 0.717) is 17.0 Å². The molecule has 1 aromatic heterocycles. The van der Waals surface area contributed by atoms with Gasteiger partial charge in [0.1, 0.15) is 6.04 Å². The second-order valence-corrected chi connectivity index (χ2v) is 6.94. The summed E-state index contributed by atoms with van der Waals surface area (Å²) in [6.45, 7) is 0. The Morgan fingerprint density at radius 1 is 1.04 bits per heavy atom. The first-order chi connectivity index (χ1) is 13.5. The third kappa shape index (κ3) is 5.01. The lowest BCUT2D eigenvalue weighted by atomic mass is 10.0. The number of carbonyl (C=O) groups is 2. The van der Waals surface area contributed by atoms with E-state index in [1.54, 1.807) is 23.6 Å². The lowest BCUT2D eigenvalue weighted by molar-refractivity contribution is -0.384. The van der Waals surface area contributed by atoms with Crippen LogP contribution in [0, 0.1) is 10.1 Å². The topological polar surface area (TPSA) is 101 Å². The van der Waals surface area contributed by atoms with E-state index >= 15 is 0 Å². The molecule has 2 N–H and O–H groups in total. The number of hydrogen-bond acceptors (Lipinski definition) is 5. The quantitative estimate of drug-likeness (QED) is 0.471. The fourth-order valence-electron chi connectivity index (χ4n) is 2.62. The Balaban J connectivity index is 1.78. The van der Waals surface area contributed by atoms with Crippen molar-refractivity contribution in [3.8, 4) is 0 Å². The molecule has 1 atom stereocenters. The Bertz CT molecular complexity index is 974. The van der Waals surface area contributed by atoms with Gasteiger partial charge in [-0.15, -0.1) is 11.3 Å². The smallest absolute Gasteiger partial charge is 0.271 e. The molecule has 0 spiro atoms. The van der Waals surface area contributed by atoms with Crippen LogP contribution in [0.4, 0.5) is 11.4 Å².